The Morgan fingerprint density at radius 1 is 1.27 bits per heavy atom. The first-order valence-electron chi connectivity index (χ1n) is 3.31. The number of aryl methyl sites for hydroxylation is 1. The van der Waals surface area contributed by atoms with Crippen molar-refractivity contribution in [3.05, 3.63) is 16.9 Å². The van der Waals surface area contributed by atoms with Crippen molar-refractivity contribution in [1.82, 2.24) is 0 Å². The first kappa shape index (κ1) is 8.18. The zero-order valence-corrected chi connectivity index (χ0v) is 7.58. The number of furan rings is 1. The van der Waals surface area contributed by atoms with Gasteiger partial charge in [0.1, 0.15) is 5.76 Å². The molecule has 1 rings (SSSR count). The molecule has 0 atom stereocenters. The molecule has 0 saturated heterocycles. The van der Waals surface area contributed by atoms with Crippen LogP contribution in [0.1, 0.15) is 16.9 Å². The SMILES string of the molecule is Cc1oc(N=C=S)c(C)c1C. The summed E-state index contributed by atoms with van der Waals surface area (Å²) in [6.07, 6.45) is 0. The molecule has 0 saturated carbocycles. The Labute approximate surface area is 70.9 Å². The van der Waals surface area contributed by atoms with E-state index in [1.165, 1.54) is 0 Å². The smallest absolute Gasteiger partial charge is 0.231 e. The van der Waals surface area contributed by atoms with Crippen molar-refractivity contribution in [2.24, 2.45) is 4.99 Å². The molecule has 0 unspecified atom stereocenters. The molecule has 0 bridgehead atoms. The van der Waals surface area contributed by atoms with E-state index in [9.17, 15) is 0 Å². The van der Waals surface area contributed by atoms with Gasteiger partial charge in [0, 0.05) is 5.56 Å². The van der Waals surface area contributed by atoms with Gasteiger partial charge in [0.2, 0.25) is 5.88 Å². The van der Waals surface area contributed by atoms with E-state index >= 15 is 0 Å². The number of hydrogen-bond acceptors (Lipinski definition) is 3. The highest BCUT2D eigenvalue weighted by Crippen LogP contribution is 2.26. The third kappa shape index (κ3) is 1.39. The monoisotopic (exact) mass is 167 g/mol. The van der Waals surface area contributed by atoms with Crippen LogP contribution in [0, 0.1) is 20.8 Å². The van der Waals surface area contributed by atoms with E-state index in [2.05, 4.69) is 22.4 Å². The molecule has 1 heterocycles. The number of thiocarbonyl (C=S) groups is 1. The topological polar surface area (TPSA) is 25.5 Å². The van der Waals surface area contributed by atoms with Gasteiger partial charge in [-0.1, -0.05) is 0 Å². The summed E-state index contributed by atoms with van der Waals surface area (Å²) in [6.45, 7) is 5.86. The standard InChI is InChI=1S/C8H9NOS/c1-5-6(2)8(9-4-11)10-7(5)3/h1-3H3. The summed E-state index contributed by atoms with van der Waals surface area (Å²) in [4.78, 5) is 3.79. The van der Waals surface area contributed by atoms with Crippen molar-refractivity contribution in [2.75, 3.05) is 0 Å². The quantitative estimate of drug-likeness (QED) is 0.474. The van der Waals surface area contributed by atoms with E-state index in [1.807, 2.05) is 20.8 Å². The second-order valence-electron chi connectivity index (χ2n) is 2.42. The molecule has 3 heteroatoms. The first-order valence-corrected chi connectivity index (χ1v) is 3.72. The fourth-order valence-corrected chi connectivity index (χ4v) is 0.954. The molecular weight excluding hydrogens is 158 g/mol. The van der Waals surface area contributed by atoms with Crippen molar-refractivity contribution in [3.8, 4) is 0 Å². The minimum absolute atomic E-state index is 0.579. The maximum absolute atomic E-state index is 5.29. The minimum atomic E-state index is 0.579. The highest BCUT2D eigenvalue weighted by Gasteiger charge is 2.07. The lowest BCUT2D eigenvalue weighted by Gasteiger charge is -1.84. The van der Waals surface area contributed by atoms with Crippen molar-refractivity contribution >= 4 is 23.3 Å². The molecule has 0 aliphatic heterocycles. The fourth-order valence-electron chi connectivity index (χ4n) is 0.871. The van der Waals surface area contributed by atoms with Gasteiger partial charge in [-0.25, -0.2) is 0 Å². The summed E-state index contributed by atoms with van der Waals surface area (Å²) >= 11 is 4.47. The Morgan fingerprint density at radius 2 is 1.91 bits per heavy atom. The van der Waals surface area contributed by atoms with E-state index in [0.717, 1.165) is 16.9 Å². The van der Waals surface area contributed by atoms with Crippen LogP contribution in [0.2, 0.25) is 0 Å². The van der Waals surface area contributed by atoms with E-state index in [-0.39, 0.29) is 0 Å². The van der Waals surface area contributed by atoms with E-state index in [1.54, 1.807) is 0 Å². The summed E-state index contributed by atoms with van der Waals surface area (Å²) in [7, 11) is 0. The summed E-state index contributed by atoms with van der Waals surface area (Å²) in [5, 5.41) is 2.28. The van der Waals surface area contributed by atoms with E-state index in [4.69, 9.17) is 4.42 Å². The van der Waals surface area contributed by atoms with Crippen molar-refractivity contribution in [3.63, 3.8) is 0 Å². The Hall–Kier alpha value is -0.920. The third-order valence-corrected chi connectivity index (χ3v) is 1.90. The Morgan fingerprint density at radius 3 is 2.27 bits per heavy atom. The second-order valence-corrected chi connectivity index (χ2v) is 2.60. The molecule has 1 aromatic rings. The van der Waals surface area contributed by atoms with Crippen LogP contribution in [0.15, 0.2) is 9.41 Å². The van der Waals surface area contributed by atoms with Gasteiger partial charge < -0.3 is 4.42 Å². The number of hydrogen-bond donors (Lipinski definition) is 0. The van der Waals surface area contributed by atoms with Crippen LogP contribution < -0.4 is 0 Å². The molecule has 0 aliphatic carbocycles. The number of nitrogens with zero attached hydrogens (tertiary/aromatic N) is 1. The lowest BCUT2D eigenvalue weighted by molar-refractivity contribution is 0.541. The summed E-state index contributed by atoms with van der Waals surface area (Å²) < 4.78 is 5.29. The lowest BCUT2D eigenvalue weighted by atomic mass is 10.2. The number of aliphatic imine (C=N–C) groups is 1. The maximum Gasteiger partial charge on any atom is 0.231 e. The zero-order chi connectivity index (χ0) is 8.43. The molecule has 0 spiro atoms. The molecule has 58 valence electrons. The fraction of sp³-hybridized carbons (Fsp3) is 0.375. The van der Waals surface area contributed by atoms with Gasteiger partial charge >= 0.3 is 0 Å². The predicted molar refractivity (Wildman–Crippen MR) is 47.6 cm³/mol. The van der Waals surface area contributed by atoms with Crippen LogP contribution in [0.25, 0.3) is 0 Å². The summed E-state index contributed by atoms with van der Waals surface area (Å²) in [5.41, 5.74) is 2.17. The average Bonchev–Trinajstić information content (AvgIpc) is 2.19. The van der Waals surface area contributed by atoms with Crippen LogP contribution in [-0.2, 0) is 0 Å². The highest BCUT2D eigenvalue weighted by atomic mass is 32.1. The van der Waals surface area contributed by atoms with Crippen molar-refractivity contribution < 1.29 is 4.42 Å². The molecule has 0 aromatic carbocycles. The van der Waals surface area contributed by atoms with Gasteiger partial charge in [0.25, 0.3) is 0 Å². The van der Waals surface area contributed by atoms with Crippen LogP contribution in [0.3, 0.4) is 0 Å². The molecule has 0 radical (unpaired) electrons. The third-order valence-electron chi connectivity index (χ3n) is 1.81. The Kier molecular flexibility index (Phi) is 2.22. The van der Waals surface area contributed by atoms with E-state index in [0.29, 0.717) is 5.88 Å². The van der Waals surface area contributed by atoms with Gasteiger partial charge in [-0.2, -0.15) is 4.99 Å². The van der Waals surface area contributed by atoms with Gasteiger partial charge in [-0.3, -0.25) is 0 Å². The highest BCUT2D eigenvalue weighted by molar-refractivity contribution is 7.78. The number of isothiocyanates is 1. The van der Waals surface area contributed by atoms with Gasteiger partial charge in [-0.05, 0) is 38.6 Å². The second kappa shape index (κ2) is 2.99. The van der Waals surface area contributed by atoms with Gasteiger partial charge in [0.15, 0.2) is 0 Å². The predicted octanol–water partition coefficient (Wildman–Crippen LogP) is 2.94. The normalized spacial score (nSPS) is 9.36. The Bertz CT molecular complexity index is 321. The van der Waals surface area contributed by atoms with Crippen LogP contribution in [-0.4, -0.2) is 5.16 Å². The average molecular weight is 167 g/mol. The van der Waals surface area contributed by atoms with Crippen molar-refractivity contribution in [1.29, 1.82) is 0 Å². The summed E-state index contributed by atoms with van der Waals surface area (Å²) in [6, 6.07) is 0. The van der Waals surface area contributed by atoms with Gasteiger partial charge in [-0.15, -0.1) is 0 Å². The zero-order valence-electron chi connectivity index (χ0n) is 6.76. The molecule has 1 aromatic heterocycles. The van der Waals surface area contributed by atoms with Crippen molar-refractivity contribution in [2.45, 2.75) is 20.8 Å². The molecular formula is C8H9NOS. The molecule has 2 nitrogen and oxygen atoms in total. The first-order chi connectivity index (χ1) is 5.16. The molecule has 0 amide bonds. The molecule has 0 N–H and O–H groups in total. The van der Waals surface area contributed by atoms with Crippen LogP contribution in [0.4, 0.5) is 5.88 Å². The number of rotatable bonds is 1. The molecule has 11 heavy (non-hydrogen) atoms. The van der Waals surface area contributed by atoms with Crippen LogP contribution in [0.5, 0.6) is 0 Å². The summed E-state index contributed by atoms with van der Waals surface area (Å²) in [5.74, 6) is 1.47. The minimum Gasteiger partial charge on any atom is -0.443 e. The lowest BCUT2D eigenvalue weighted by Crippen LogP contribution is -1.72. The maximum atomic E-state index is 5.29. The largest absolute Gasteiger partial charge is 0.443 e. The Balaban J connectivity index is 3.29. The molecule has 0 aliphatic rings. The van der Waals surface area contributed by atoms with Gasteiger partial charge in [0.05, 0.1) is 5.16 Å². The van der Waals surface area contributed by atoms with E-state index < -0.39 is 0 Å². The molecule has 0 fully saturated rings. The van der Waals surface area contributed by atoms with Crippen LogP contribution >= 0.6 is 12.2 Å².